The molecule has 0 fully saturated rings. The zero-order chi connectivity index (χ0) is 18.2. The molecule has 24 heavy (non-hydrogen) atoms. The van der Waals surface area contributed by atoms with Gasteiger partial charge in [-0.25, -0.2) is 9.59 Å². The van der Waals surface area contributed by atoms with Gasteiger partial charge in [0.15, 0.2) is 0 Å². The van der Waals surface area contributed by atoms with E-state index in [2.05, 4.69) is 11.9 Å². The fourth-order valence-corrected chi connectivity index (χ4v) is 1.68. The SMILES string of the molecule is C=CCCC(NC(=O)OCc1ccccc1)C(=O)OCC.O=C=O. The van der Waals surface area contributed by atoms with Crippen LogP contribution in [0.3, 0.4) is 0 Å². The summed E-state index contributed by atoms with van der Waals surface area (Å²) in [5.74, 6) is -0.462. The number of esters is 1. The minimum absolute atomic E-state index is 0.156. The lowest BCUT2D eigenvalue weighted by Gasteiger charge is -2.16. The molecule has 0 heterocycles. The minimum Gasteiger partial charge on any atom is -0.464 e. The van der Waals surface area contributed by atoms with Gasteiger partial charge < -0.3 is 14.8 Å². The first-order chi connectivity index (χ1) is 11.6. The predicted molar refractivity (Wildman–Crippen MR) is 84.6 cm³/mol. The van der Waals surface area contributed by atoms with E-state index in [4.69, 9.17) is 19.1 Å². The smallest absolute Gasteiger partial charge is 0.408 e. The number of alkyl carbamates (subject to hydrolysis) is 1. The Morgan fingerprint density at radius 3 is 2.42 bits per heavy atom. The Hall–Kier alpha value is -2.92. The quantitative estimate of drug-likeness (QED) is 0.578. The van der Waals surface area contributed by atoms with Crippen LogP contribution in [0, 0.1) is 0 Å². The molecule has 1 atom stereocenters. The highest BCUT2D eigenvalue weighted by Gasteiger charge is 2.21. The summed E-state index contributed by atoms with van der Waals surface area (Å²) in [6, 6.07) is 8.60. The van der Waals surface area contributed by atoms with Crippen molar-refractivity contribution in [2.45, 2.75) is 32.4 Å². The number of allylic oxidation sites excluding steroid dienone is 1. The Kier molecular flexibility index (Phi) is 12.1. The van der Waals surface area contributed by atoms with Crippen LogP contribution in [0.15, 0.2) is 43.0 Å². The summed E-state index contributed by atoms with van der Waals surface area (Å²) in [5.41, 5.74) is 0.881. The molecule has 0 aliphatic heterocycles. The predicted octanol–water partition coefficient (Wildman–Crippen LogP) is 2.23. The maximum absolute atomic E-state index is 11.7. The summed E-state index contributed by atoms with van der Waals surface area (Å²) in [6.45, 7) is 5.74. The van der Waals surface area contributed by atoms with Crippen molar-refractivity contribution in [2.75, 3.05) is 6.61 Å². The van der Waals surface area contributed by atoms with E-state index < -0.39 is 18.1 Å². The van der Waals surface area contributed by atoms with E-state index in [-0.39, 0.29) is 19.4 Å². The second-order valence-electron chi connectivity index (χ2n) is 4.46. The lowest BCUT2D eigenvalue weighted by Crippen LogP contribution is -2.42. The Labute approximate surface area is 140 Å². The molecule has 7 heteroatoms. The van der Waals surface area contributed by atoms with Gasteiger partial charge in [0.2, 0.25) is 0 Å². The molecule has 1 aromatic carbocycles. The second kappa shape index (κ2) is 13.7. The molecule has 0 bridgehead atoms. The summed E-state index contributed by atoms with van der Waals surface area (Å²) in [6.07, 6.45) is 2.33. The number of benzene rings is 1. The van der Waals surface area contributed by atoms with Gasteiger partial charge in [0, 0.05) is 0 Å². The number of ether oxygens (including phenoxy) is 2. The van der Waals surface area contributed by atoms with E-state index in [1.165, 1.54) is 0 Å². The van der Waals surface area contributed by atoms with Crippen molar-refractivity contribution < 1.29 is 28.7 Å². The highest BCUT2D eigenvalue weighted by molar-refractivity contribution is 5.81. The summed E-state index contributed by atoms with van der Waals surface area (Å²) in [4.78, 5) is 39.7. The molecule has 0 aliphatic rings. The molecule has 0 saturated heterocycles. The van der Waals surface area contributed by atoms with E-state index in [9.17, 15) is 9.59 Å². The largest absolute Gasteiger partial charge is 0.464 e. The fourth-order valence-electron chi connectivity index (χ4n) is 1.68. The highest BCUT2D eigenvalue weighted by Crippen LogP contribution is 2.04. The summed E-state index contributed by atoms with van der Waals surface area (Å²) in [5, 5.41) is 2.52. The molecule has 130 valence electrons. The number of carbonyl (C=O) groups is 2. The molecule has 1 aromatic rings. The number of amides is 1. The van der Waals surface area contributed by atoms with E-state index in [1.54, 1.807) is 13.0 Å². The average Bonchev–Trinajstić information content (AvgIpc) is 2.58. The molecule has 7 nitrogen and oxygen atoms in total. The zero-order valence-electron chi connectivity index (χ0n) is 13.5. The molecular formula is C17H21NO6. The third-order valence-corrected chi connectivity index (χ3v) is 2.74. The van der Waals surface area contributed by atoms with Gasteiger partial charge in [0.05, 0.1) is 6.61 Å². The van der Waals surface area contributed by atoms with E-state index in [0.29, 0.717) is 12.8 Å². The Balaban J connectivity index is 0.00000163. The molecule has 0 radical (unpaired) electrons. The topological polar surface area (TPSA) is 98.8 Å². The standard InChI is InChI=1S/C16H21NO4.CO2/c1-3-5-11-14(15(18)20-4-2)17-16(19)21-12-13-9-7-6-8-10-13;2-1-3/h3,6-10,14H,1,4-5,11-12H2,2H3,(H,17,19);. The molecule has 1 amide bonds. The van der Waals surface area contributed by atoms with Gasteiger partial charge >= 0.3 is 18.2 Å². The van der Waals surface area contributed by atoms with Crippen LogP contribution < -0.4 is 5.32 Å². The van der Waals surface area contributed by atoms with Crippen LogP contribution in [0.25, 0.3) is 0 Å². The Morgan fingerprint density at radius 1 is 1.25 bits per heavy atom. The van der Waals surface area contributed by atoms with Gasteiger partial charge in [-0.3, -0.25) is 0 Å². The number of hydrogen-bond donors (Lipinski definition) is 1. The van der Waals surface area contributed by atoms with Crippen LogP contribution >= 0.6 is 0 Å². The van der Waals surface area contributed by atoms with Crippen molar-refractivity contribution in [3.05, 3.63) is 48.6 Å². The average molecular weight is 335 g/mol. The van der Waals surface area contributed by atoms with Crippen molar-refractivity contribution in [2.24, 2.45) is 0 Å². The molecule has 1 unspecified atom stereocenters. The van der Waals surface area contributed by atoms with Gasteiger partial charge in [-0.2, -0.15) is 9.59 Å². The van der Waals surface area contributed by atoms with Gasteiger partial charge in [0.1, 0.15) is 12.6 Å². The van der Waals surface area contributed by atoms with Gasteiger partial charge in [-0.1, -0.05) is 36.4 Å². The molecule has 0 aliphatic carbocycles. The number of nitrogens with one attached hydrogen (secondary N) is 1. The summed E-state index contributed by atoms with van der Waals surface area (Å²) < 4.78 is 10.0. The Bertz CT molecular complexity index is 537. The van der Waals surface area contributed by atoms with Crippen LogP contribution in [0.2, 0.25) is 0 Å². The molecule has 0 saturated carbocycles. The maximum atomic E-state index is 11.7. The first kappa shape index (κ1) is 21.1. The molecular weight excluding hydrogens is 314 g/mol. The van der Waals surface area contributed by atoms with Crippen LogP contribution in [-0.4, -0.2) is 30.9 Å². The lowest BCUT2D eigenvalue weighted by atomic mass is 10.1. The van der Waals surface area contributed by atoms with Crippen molar-refractivity contribution in [3.8, 4) is 0 Å². The monoisotopic (exact) mass is 335 g/mol. The third-order valence-electron chi connectivity index (χ3n) is 2.74. The molecule has 1 N–H and O–H groups in total. The minimum atomic E-state index is -0.716. The summed E-state index contributed by atoms with van der Waals surface area (Å²) >= 11 is 0. The first-order valence-electron chi connectivity index (χ1n) is 7.33. The van der Waals surface area contributed by atoms with Crippen molar-refractivity contribution in [1.82, 2.24) is 5.32 Å². The number of carbonyl (C=O) groups excluding carboxylic acids is 4. The number of rotatable bonds is 8. The summed E-state index contributed by atoms with van der Waals surface area (Å²) in [7, 11) is 0. The second-order valence-corrected chi connectivity index (χ2v) is 4.46. The van der Waals surface area contributed by atoms with Crippen molar-refractivity contribution >= 4 is 18.2 Å². The van der Waals surface area contributed by atoms with Crippen LogP contribution in [0.4, 0.5) is 4.79 Å². The maximum Gasteiger partial charge on any atom is 0.408 e. The van der Waals surface area contributed by atoms with Gasteiger partial charge in [0.25, 0.3) is 0 Å². The van der Waals surface area contributed by atoms with Crippen molar-refractivity contribution in [3.63, 3.8) is 0 Å². The van der Waals surface area contributed by atoms with E-state index in [0.717, 1.165) is 5.56 Å². The van der Waals surface area contributed by atoms with E-state index >= 15 is 0 Å². The van der Waals surface area contributed by atoms with Crippen molar-refractivity contribution in [1.29, 1.82) is 0 Å². The van der Waals surface area contributed by atoms with Crippen LogP contribution in [0.5, 0.6) is 0 Å². The third kappa shape index (κ3) is 9.92. The molecule has 1 rings (SSSR count). The fraction of sp³-hybridized carbons (Fsp3) is 0.353. The highest BCUT2D eigenvalue weighted by atomic mass is 16.6. The normalized spacial score (nSPS) is 10.2. The van der Waals surface area contributed by atoms with Crippen LogP contribution in [0.1, 0.15) is 25.3 Å². The van der Waals surface area contributed by atoms with E-state index in [1.807, 2.05) is 30.3 Å². The molecule has 0 aromatic heterocycles. The first-order valence-corrected chi connectivity index (χ1v) is 7.33. The lowest BCUT2D eigenvalue weighted by molar-refractivity contribution is -0.191. The Morgan fingerprint density at radius 2 is 1.88 bits per heavy atom. The zero-order valence-corrected chi connectivity index (χ0v) is 13.5. The molecule has 0 spiro atoms. The van der Waals surface area contributed by atoms with Crippen LogP contribution in [-0.2, 0) is 30.5 Å². The van der Waals surface area contributed by atoms with Gasteiger partial charge in [-0.15, -0.1) is 6.58 Å². The number of hydrogen-bond acceptors (Lipinski definition) is 6. The van der Waals surface area contributed by atoms with Gasteiger partial charge in [-0.05, 0) is 25.3 Å².